The first-order valence-corrected chi connectivity index (χ1v) is 12.3. The molecule has 6 nitrogen and oxygen atoms in total. The summed E-state index contributed by atoms with van der Waals surface area (Å²) in [6.45, 7) is 2.64. The number of nitrogens with one attached hydrogen (secondary N) is 2. The Morgan fingerprint density at radius 3 is 2.35 bits per heavy atom. The zero-order valence-corrected chi connectivity index (χ0v) is 21.3. The number of halogens is 2. The summed E-state index contributed by atoms with van der Waals surface area (Å²) >= 11 is 9.59. The summed E-state index contributed by atoms with van der Waals surface area (Å²) in [5.74, 6) is 0.586. The molecule has 0 amide bonds. The molecule has 1 aliphatic rings. The minimum atomic E-state index is -0.305. The Hall–Kier alpha value is -2.55. The van der Waals surface area contributed by atoms with Gasteiger partial charge in [-0.15, -0.1) is 0 Å². The van der Waals surface area contributed by atoms with Gasteiger partial charge in [-0.05, 0) is 62.1 Å². The van der Waals surface area contributed by atoms with Gasteiger partial charge in [0.2, 0.25) is 0 Å². The number of nitrogens with zero attached hydrogens (tertiary/aromatic N) is 3. The predicted octanol–water partition coefficient (Wildman–Crippen LogP) is 4.38. The maximum absolute atomic E-state index is 13.7. The summed E-state index contributed by atoms with van der Waals surface area (Å²) in [7, 11) is 4.14. The van der Waals surface area contributed by atoms with Crippen LogP contribution >= 0.6 is 27.5 Å². The van der Waals surface area contributed by atoms with E-state index in [1.807, 2.05) is 42.5 Å². The molecule has 1 saturated heterocycles. The molecule has 8 heteroatoms. The van der Waals surface area contributed by atoms with Gasteiger partial charge in [-0.25, -0.2) is 4.98 Å². The van der Waals surface area contributed by atoms with Crippen LogP contribution in [0.1, 0.15) is 5.56 Å². The molecular formula is C26H25BrClN5O. The number of rotatable bonds is 5. The molecule has 1 aliphatic heterocycles. The lowest BCUT2D eigenvalue weighted by molar-refractivity contribution is 0.235. The molecule has 0 bridgehead atoms. The van der Waals surface area contributed by atoms with Crippen molar-refractivity contribution in [3.8, 4) is 17.1 Å². The Kier molecular flexibility index (Phi) is 6.31. The second kappa shape index (κ2) is 9.24. The average molecular weight is 539 g/mol. The van der Waals surface area contributed by atoms with Crippen LogP contribution in [0.4, 0.5) is 0 Å². The van der Waals surface area contributed by atoms with Crippen molar-refractivity contribution in [2.24, 2.45) is 0 Å². The van der Waals surface area contributed by atoms with E-state index in [0.29, 0.717) is 27.4 Å². The van der Waals surface area contributed by atoms with E-state index >= 15 is 0 Å². The lowest BCUT2D eigenvalue weighted by Crippen LogP contribution is -2.52. The lowest BCUT2D eigenvalue weighted by atomic mass is 9.98. The van der Waals surface area contributed by atoms with E-state index in [-0.39, 0.29) is 11.2 Å². The van der Waals surface area contributed by atoms with E-state index in [2.05, 4.69) is 57.7 Å². The van der Waals surface area contributed by atoms with Crippen LogP contribution in [-0.4, -0.2) is 48.2 Å². The smallest absolute Gasteiger partial charge is 0.266 e. The third-order valence-corrected chi connectivity index (χ3v) is 6.83. The van der Waals surface area contributed by atoms with Crippen LogP contribution in [0.25, 0.3) is 28.0 Å². The normalized spacial score (nSPS) is 15.3. The van der Waals surface area contributed by atoms with Crippen molar-refractivity contribution < 1.29 is 0 Å². The van der Waals surface area contributed by atoms with Crippen LogP contribution in [0.5, 0.6) is 0 Å². The minimum Gasteiger partial charge on any atom is -0.306 e. The van der Waals surface area contributed by atoms with Crippen LogP contribution in [0.15, 0.2) is 76.0 Å². The molecule has 0 atom stereocenters. The fourth-order valence-corrected chi connectivity index (χ4v) is 5.07. The van der Waals surface area contributed by atoms with Gasteiger partial charge in [0.1, 0.15) is 11.5 Å². The maximum atomic E-state index is 13.7. The van der Waals surface area contributed by atoms with E-state index in [4.69, 9.17) is 16.6 Å². The Morgan fingerprint density at radius 2 is 1.71 bits per heavy atom. The number of hydrogen-bond acceptors (Lipinski definition) is 5. The molecule has 5 rings (SSSR count). The van der Waals surface area contributed by atoms with Gasteiger partial charge in [0.15, 0.2) is 0 Å². The molecule has 2 N–H and O–H groups in total. The van der Waals surface area contributed by atoms with Crippen molar-refractivity contribution in [2.75, 3.05) is 33.7 Å². The molecule has 2 heterocycles. The molecule has 3 aromatic carbocycles. The first-order chi connectivity index (χ1) is 16.4. The molecule has 174 valence electrons. The third-order valence-electron chi connectivity index (χ3n) is 6.08. The van der Waals surface area contributed by atoms with Crippen molar-refractivity contribution >= 4 is 38.4 Å². The highest BCUT2D eigenvalue weighted by Crippen LogP contribution is 2.28. The second-order valence-electron chi connectivity index (χ2n) is 8.79. The van der Waals surface area contributed by atoms with Crippen molar-refractivity contribution in [3.05, 3.63) is 92.1 Å². The fraction of sp³-hybridized carbons (Fsp3) is 0.231. The van der Waals surface area contributed by atoms with Gasteiger partial charge in [0, 0.05) is 34.7 Å². The highest BCUT2D eigenvalue weighted by atomic mass is 79.9. The van der Waals surface area contributed by atoms with E-state index in [0.717, 1.165) is 35.2 Å². The van der Waals surface area contributed by atoms with Gasteiger partial charge in [-0.1, -0.05) is 51.8 Å². The van der Waals surface area contributed by atoms with Crippen LogP contribution in [0, 0.1) is 0 Å². The number of hydrogen-bond donors (Lipinski definition) is 2. The van der Waals surface area contributed by atoms with Gasteiger partial charge in [-0.3, -0.25) is 20.0 Å². The predicted molar refractivity (Wildman–Crippen MR) is 142 cm³/mol. The topological polar surface area (TPSA) is 62.2 Å². The van der Waals surface area contributed by atoms with Gasteiger partial charge >= 0.3 is 0 Å². The Bertz CT molecular complexity index is 1390. The van der Waals surface area contributed by atoms with Gasteiger partial charge in [0.05, 0.1) is 16.6 Å². The molecule has 4 aromatic rings. The highest BCUT2D eigenvalue weighted by Gasteiger charge is 2.35. The summed E-state index contributed by atoms with van der Waals surface area (Å²) in [6, 6.07) is 21.1. The summed E-state index contributed by atoms with van der Waals surface area (Å²) in [6.07, 6.45) is 0. The van der Waals surface area contributed by atoms with Crippen LogP contribution in [0.3, 0.4) is 0 Å². The fourth-order valence-electron chi connectivity index (χ4n) is 4.58. The second-order valence-corrected chi connectivity index (χ2v) is 10.1. The molecule has 0 unspecified atom stereocenters. The summed E-state index contributed by atoms with van der Waals surface area (Å²) < 4.78 is 2.49. The van der Waals surface area contributed by atoms with Crippen molar-refractivity contribution in [1.29, 1.82) is 0 Å². The first kappa shape index (κ1) is 23.2. The van der Waals surface area contributed by atoms with Crippen LogP contribution in [0.2, 0.25) is 5.02 Å². The largest absolute Gasteiger partial charge is 0.306 e. The number of likely N-dealkylation sites (N-methyl/N-ethyl adjacent to an activating group) is 1. The SMILES string of the molecule is CN(C)CC1(c2ccc(-c3nc4ccc(Br)cc4c(=O)n3-c3ccc(Cl)cc3)cc2)NCCN1. The summed E-state index contributed by atoms with van der Waals surface area (Å²) in [4.78, 5) is 20.7. The number of fused-ring (bicyclic) bond motifs is 1. The van der Waals surface area contributed by atoms with E-state index in [1.165, 1.54) is 0 Å². The molecular weight excluding hydrogens is 514 g/mol. The summed E-state index contributed by atoms with van der Waals surface area (Å²) in [5, 5.41) is 8.40. The Labute approximate surface area is 211 Å². The zero-order chi connectivity index (χ0) is 23.9. The monoisotopic (exact) mass is 537 g/mol. The van der Waals surface area contributed by atoms with Crippen molar-refractivity contribution in [2.45, 2.75) is 5.66 Å². The van der Waals surface area contributed by atoms with Crippen molar-refractivity contribution in [1.82, 2.24) is 25.1 Å². The lowest BCUT2D eigenvalue weighted by Gasteiger charge is -2.33. The molecule has 34 heavy (non-hydrogen) atoms. The van der Waals surface area contributed by atoms with Crippen molar-refractivity contribution in [3.63, 3.8) is 0 Å². The molecule has 0 aliphatic carbocycles. The first-order valence-electron chi connectivity index (χ1n) is 11.1. The van der Waals surface area contributed by atoms with Gasteiger partial charge < -0.3 is 4.90 Å². The van der Waals surface area contributed by atoms with Crippen LogP contribution in [-0.2, 0) is 5.66 Å². The molecule has 1 fully saturated rings. The van der Waals surface area contributed by atoms with E-state index < -0.39 is 0 Å². The minimum absolute atomic E-state index is 0.129. The standard InChI is InChI=1S/C26H25BrClN5O/c1-32(2)16-26(29-13-14-30-26)18-5-3-17(4-6-18)24-31-23-12-7-19(27)15-22(23)25(34)33(24)21-10-8-20(28)9-11-21/h3-12,15,29-30H,13-14,16H2,1-2H3. The third kappa shape index (κ3) is 4.30. The van der Waals surface area contributed by atoms with E-state index in [9.17, 15) is 4.79 Å². The van der Waals surface area contributed by atoms with E-state index in [1.54, 1.807) is 16.7 Å². The van der Waals surface area contributed by atoms with Gasteiger partial charge in [0.25, 0.3) is 5.56 Å². The zero-order valence-electron chi connectivity index (χ0n) is 19.0. The quantitative estimate of drug-likeness (QED) is 0.395. The highest BCUT2D eigenvalue weighted by molar-refractivity contribution is 9.10. The molecule has 1 aromatic heterocycles. The molecule has 0 radical (unpaired) electrons. The number of aromatic nitrogens is 2. The molecule has 0 spiro atoms. The number of benzene rings is 3. The average Bonchev–Trinajstić information content (AvgIpc) is 3.29. The Morgan fingerprint density at radius 1 is 1.03 bits per heavy atom. The maximum Gasteiger partial charge on any atom is 0.266 e. The molecule has 0 saturated carbocycles. The van der Waals surface area contributed by atoms with Gasteiger partial charge in [-0.2, -0.15) is 0 Å². The van der Waals surface area contributed by atoms with Crippen LogP contribution < -0.4 is 16.2 Å². The summed E-state index contributed by atoms with van der Waals surface area (Å²) in [5.41, 5.74) is 2.94. The Balaban J connectivity index is 1.67.